The van der Waals surface area contributed by atoms with Gasteiger partial charge >= 0.3 is 0 Å². The molecule has 66 valence electrons. The van der Waals surface area contributed by atoms with Gasteiger partial charge in [0.25, 0.3) is 0 Å². The average Bonchev–Trinajstić information content (AvgIpc) is 1.49. The van der Waals surface area contributed by atoms with E-state index in [0.29, 0.717) is 4.75 Å². The van der Waals surface area contributed by atoms with Crippen LogP contribution in [0.1, 0.15) is 27.2 Å². The third-order valence-electron chi connectivity index (χ3n) is 2.09. The minimum atomic E-state index is 0.473. The van der Waals surface area contributed by atoms with Crippen molar-refractivity contribution in [3.8, 4) is 0 Å². The lowest BCUT2D eigenvalue weighted by Gasteiger charge is -2.42. The fourth-order valence-corrected chi connectivity index (χ4v) is 4.42. The first-order valence-electron chi connectivity index (χ1n) is 4.34. The summed E-state index contributed by atoms with van der Waals surface area (Å²) in [5, 5.41) is 0. The largest absolute Gasteiger partial charge is 0.266 e. The first-order valence-corrected chi connectivity index (χ1v) is 5.12. The maximum Gasteiger partial charge on any atom is 0.0914 e. The summed E-state index contributed by atoms with van der Waals surface area (Å²) in [4.78, 5) is 0. The molecule has 1 heterocycles. The molecule has 11 heavy (non-hydrogen) atoms. The van der Waals surface area contributed by atoms with Crippen molar-refractivity contribution in [1.82, 2.24) is 0 Å². The highest BCUT2D eigenvalue weighted by Gasteiger charge is 2.39. The van der Waals surface area contributed by atoms with Crippen molar-refractivity contribution in [2.45, 2.75) is 31.9 Å². The summed E-state index contributed by atoms with van der Waals surface area (Å²) in [6.07, 6.45) is 1.36. The summed E-state index contributed by atoms with van der Waals surface area (Å²) in [7, 11) is 4.62. The van der Waals surface area contributed by atoms with Crippen molar-refractivity contribution in [1.29, 1.82) is 0 Å². The molecule has 1 fully saturated rings. The summed E-state index contributed by atoms with van der Waals surface area (Å²) < 4.78 is 1.59. The van der Waals surface area contributed by atoms with Crippen LogP contribution in [0.5, 0.6) is 0 Å². The van der Waals surface area contributed by atoms with E-state index in [4.69, 9.17) is 0 Å². The van der Waals surface area contributed by atoms with Gasteiger partial charge in [-0.25, -0.2) is 0 Å². The molecule has 0 aromatic carbocycles. The standard InChI is InChI=1S/C9H20NS/c1-8-6-9(2,3)11-10(4,5)7-8/h8H,6-7H2,1-5H3/q+1. The molecule has 1 nitrogen and oxygen atoms in total. The zero-order valence-electron chi connectivity index (χ0n) is 8.35. The van der Waals surface area contributed by atoms with Crippen LogP contribution in [0.15, 0.2) is 0 Å². The number of rotatable bonds is 0. The van der Waals surface area contributed by atoms with Crippen molar-refractivity contribution in [2.24, 2.45) is 5.92 Å². The van der Waals surface area contributed by atoms with Crippen molar-refractivity contribution >= 4 is 11.9 Å². The topological polar surface area (TPSA) is 0 Å². The van der Waals surface area contributed by atoms with Crippen molar-refractivity contribution in [2.75, 3.05) is 20.6 Å². The lowest BCUT2D eigenvalue weighted by molar-refractivity contribution is -0.759. The van der Waals surface area contributed by atoms with Gasteiger partial charge in [-0.05, 0) is 20.3 Å². The highest BCUT2D eigenvalue weighted by molar-refractivity contribution is 7.95. The minimum absolute atomic E-state index is 0.473. The molecule has 1 unspecified atom stereocenters. The number of quaternary nitrogens is 1. The van der Waals surface area contributed by atoms with Gasteiger partial charge in [-0.1, -0.05) is 6.92 Å². The molecule has 0 aromatic heterocycles. The Bertz CT molecular complexity index is 136. The Morgan fingerprint density at radius 3 is 2.27 bits per heavy atom. The van der Waals surface area contributed by atoms with Crippen LogP contribution in [0.2, 0.25) is 0 Å². The highest BCUT2D eigenvalue weighted by atomic mass is 32.2. The molecule has 0 aliphatic carbocycles. The SMILES string of the molecule is CC1CC(C)(C)S[N+](C)(C)C1. The number of nitrogens with zero attached hydrogens (tertiary/aromatic N) is 1. The third kappa shape index (κ3) is 2.68. The van der Waals surface area contributed by atoms with Crippen LogP contribution in [0, 0.1) is 5.92 Å². The smallest absolute Gasteiger partial charge is 0.0914 e. The quantitative estimate of drug-likeness (QED) is 0.402. The van der Waals surface area contributed by atoms with Gasteiger partial charge < -0.3 is 0 Å². The molecule has 2 heteroatoms. The van der Waals surface area contributed by atoms with Gasteiger partial charge in [0.2, 0.25) is 0 Å². The van der Waals surface area contributed by atoms with Crippen LogP contribution in [-0.4, -0.2) is 29.3 Å². The van der Waals surface area contributed by atoms with Gasteiger partial charge in [-0.3, -0.25) is 3.89 Å². The normalized spacial score (nSPS) is 35.2. The molecule has 1 aliphatic heterocycles. The molecule has 0 spiro atoms. The van der Waals surface area contributed by atoms with Crippen molar-refractivity contribution in [3.63, 3.8) is 0 Å². The highest BCUT2D eigenvalue weighted by Crippen LogP contribution is 2.42. The van der Waals surface area contributed by atoms with E-state index in [2.05, 4.69) is 46.8 Å². The first kappa shape index (κ1) is 9.40. The van der Waals surface area contributed by atoms with Crippen molar-refractivity contribution in [3.05, 3.63) is 0 Å². The van der Waals surface area contributed by atoms with Crippen LogP contribution in [-0.2, 0) is 0 Å². The predicted octanol–water partition coefficient (Wildman–Crippen LogP) is 2.53. The summed E-state index contributed by atoms with van der Waals surface area (Å²) in [6, 6.07) is 0. The average molecular weight is 174 g/mol. The fourth-order valence-electron chi connectivity index (χ4n) is 2.40. The van der Waals surface area contributed by atoms with Gasteiger partial charge in [-0.15, -0.1) is 0 Å². The van der Waals surface area contributed by atoms with Crippen LogP contribution < -0.4 is 0 Å². The van der Waals surface area contributed by atoms with Crippen molar-refractivity contribution < 1.29 is 3.89 Å². The Morgan fingerprint density at radius 2 is 1.91 bits per heavy atom. The van der Waals surface area contributed by atoms with Gasteiger partial charge in [0, 0.05) is 5.92 Å². The molecule has 0 aromatic rings. The Balaban J connectivity index is 2.66. The molecule has 0 N–H and O–H groups in total. The molecule has 0 saturated carbocycles. The monoisotopic (exact) mass is 174 g/mol. The van der Waals surface area contributed by atoms with E-state index in [1.165, 1.54) is 13.0 Å². The molecule has 1 atom stereocenters. The van der Waals surface area contributed by atoms with E-state index in [-0.39, 0.29) is 0 Å². The Labute approximate surface area is 74.9 Å². The second kappa shape index (κ2) is 2.67. The Morgan fingerprint density at radius 1 is 1.36 bits per heavy atom. The van der Waals surface area contributed by atoms with Gasteiger partial charge in [-0.2, -0.15) is 0 Å². The van der Waals surface area contributed by atoms with E-state index in [1.807, 2.05) is 0 Å². The maximum absolute atomic E-state index is 2.36. The van der Waals surface area contributed by atoms with E-state index >= 15 is 0 Å². The van der Waals surface area contributed by atoms with Gasteiger partial charge in [0.05, 0.1) is 37.3 Å². The van der Waals surface area contributed by atoms with Crippen LogP contribution in [0.4, 0.5) is 0 Å². The van der Waals surface area contributed by atoms with Gasteiger partial charge in [0.1, 0.15) is 0 Å². The summed E-state index contributed by atoms with van der Waals surface area (Å²) in [5.41, 5.74) is 0. The lowest BCUT2D eigenvalue weighted by atomic mass is 9.97. The second-order valence-electron chi connectivity index (χ2n) is 4.92. The van der Waals surface area contributed by atoms with Crippen LogP contribution in [0.25, 0.3) is 0 Å². The van der Waals surface area contributed by atoms with E-state index in [1.54, 1.807) is 0 Å². The lowest BCUT2D eigenvalue weighted by Crippen LogP contribution is -2.46. The minimum Gasteiger partial charge on any atom is -0.266 e. The maximum atomic E-state index is 2.36. The second-order valence-corrected chi connectivity index (χ2v) is 7.19. The summed E-state index contributed by atoms with van der Waals surface area (Å²) >= 11 is 2.09. The molecule has 1 saturated heterocycles. The first-order chi connectivity index (χ1) is 4.81. The Hall–Kier alpha value is 0.310. The molecule has 0 radical (unpaired) electrons. The van der Waals surface area contributed by atoms with E-state index in [9.17, 15) is 0 Å². The molecular formula is C9H20NS+. The molecule has 1 aliphatic rings. The van der Waals surface area contributed by atoms with Crippen LogP contribution in [0.3, 0.4) is 0 Å². The zero-order valence-corrected chi connectivity index (χ0v) is 9.16. The number of hydrogen-bond acceptors (Lipinski definition) is 1. The fraction of sp³-hybridized carbons (Fsp3) is 1.00. The summed E-state index contributed by atoms with van der Waals surface area (Å²) in [6.45, 7) is 8.39. The predicted molar refractivity (Wildman–Crippen MR) is 52.4 cm³/mol. The summed E-state index contributed by atoms with van der Waals surface area (Å²) in [5.74, 6) is 0.876. The Kier molecular flexibility index (Phi) is 2.28. The third-order valence-corrected chi connectivity index (χ3v) is 3.39. The molecule has 1 rings (SSSR count). The van der Waals surface area contributed by atoms with Crippen LogP contribution >= 0.6 is 11.9 Å². The van der Waals surface area contributed by atoms with E-state index < -0.39 is 0 Å². The zero-order chi connectivity index (χ0) is 8.70. The van der Waals surface area contributed by atoms with Gasteiger partial charge in [0.15, 0.2) is 0 Å². The molecule has 0 bridgehead atoms. The molecular weight excluding hydrogens is 154 g/mol. The molecule has 0 amide bonds. The van der Waals surface area contributed by atoms with E-state index in [0.717, 1.165) is 9.81 Å². The number of hydrogen-bond donors (Lipinski definition) is 0.